The van der Waals surface area contributed by atoms with Gasteiger partial charge >= 0.3 is 5.97 Å². The number of hydrogen-bond donors (Lipinski definition) is 2. The summed E-state index contributed by atoms with van der Waals surface area (Å²) in [6.45, 7) is 9.21. The lowest BCUT2D eigenvalue weighted by Crippen LogP contribution is -2.46. The second-order valence-corrected chi connectivity index (χ2v) is 7.40. The van der Waals surface area contributed by atoms with Crippen molar-refractivity contribution in [2.75, 3.05) is 6.54 Å². The van der Waals surface area contributed by atoms with Crippen molar-refractivity contribution < 1.29 is 14.7 Å². The number of aliphatic carboxylic acids is 1. The molecule has 0 spiro atoms. The van der Waals surface area contributed by atoms with Crippen molar-refractivity contribution in [3.8, 4) is 0 Å². The molecule has 0 bridgehead atoms. The fraction of sp³-hybridized carbons (Fsp3) is 0.875. The van der Waals surface area contributed by atoms with Gasteiger partial charge in [-0.25, -0.2) is 0 Å². The molecule has 5 heteroatoms. The van der Waals surface area contributed by atoms with Gasteiger partial charge in [0.1, 0.15) is 6.04 Å². The number of carbonyl (C=O) groups is 2. The van der Waals surface area contributed by atoms with Crippen LogP contribution in [0.2, 0.25) is 0 Å². The van der Waals surface area contributed by atoms with Crippen molar-refractivity contribution in [3.63, 3.8) is 0 Å². The lowest BCUT2D eigenvalue weighted by Gasteiger charge is -2.36. The summed E-state index contributed by atoms with van der Waals surface area (Å²) in [5, 5.41) is 9.40. The van der Waals surface area contributed by atoms with Crippen LogP contribution in [0.4, 0.5) is 0 Å². The minimum Gasteiger partial charge on any atom is -0.480 e. The van der Waals surface area contributed by atoms with Crippen LogP contribution in [-0.4, -0.2) is 40.5 Å². The molecule has 1 aliphatic heterocycles. The Bertz CT molecular complexity index is 376. The molecule has 1 heterocycles. The minimum absolute atomic E-state index is 0.0895. The van der Waals surface area contributed by atoms with E-state index in [1.54, 1.807) is 0 Å². The Morgan fingerprint density at radius 2 is 2.00 bits per heavy atom. The quantitative estimate of drug-likeness (QED) is 0.755. The van der Waals surface area contributed by atoms with Crippen molar-refractivity contribution in [1.29, 1.82) is 0 Å². The monoisotopic (exact) mass is 298 g/mol. The molecule has 3 atom stereocenters. The normalized spacial score (nSPS) is 23.0. The van der Waals surface area contributed by atoms with E-state index in [9.17, 15) is 14.7 Å². The number of likely N-dealkylation sites (tertiary alicyclic amines) is 1. The van der Waals surface area contributed by atoms with E-state index in [-0.39, 0.29) is 23.3 Å². The Morgan fingerprint density at radius 1 is 1.38 bits per heavy atom. The van der Waals surface area contributed by atoms with E-state index in [2.05, 4.69) is 25.7 Å². The van der Waals surface area contributed by atoms with Crippen molar-refractivity contribution >= 4 is 11.9 Å². The lowest BCUT2D eigenvalue weighted by molar-refractivity contribution is -0.143. The Hall–Kier alpha value is -1.10. The second-order valence-electron chi connectivity index (χ2n) is 7.40. The first-order valence-corrected chi connectivity index (χ1v) is 7.93. The van der Waals surface area contributed by atoms with Gasteiger partial charge in [0, 0.05) is 12.0 Å². The largest absolute Gasteiger partial charge is 0.480 e. The maximum atomic E-state index is 11.5. The molecule has 0 aromatic carbocycles. The summed E-state index contributed by atoms with van der Waals surface area (Å²) in [7, 11) is 0. The van der Waals surface area contributed by atoms with Gasteiger partial charge in [-0.3, -0.25) is 14.5 Å². The first-order chi connectivity index (χ1) is 9.65. The molecule has 3 N–H and O–H groups in total. The summed E-state index contributed by atoms with van der Waals surface area (Å²) >= 11 is 0. The van der Waals surface area contributed by atoms with Crippen LogP contribution in [0.15, 0.2) is 0 Å². The molecule has 1 saturated heterocycles. The summed E-state index contributed by atoms with van der Waals surface area (Å²) in [5.41, 5.74) is 5.57. The van der Waals surface area contributed by atoms with Gasteiger partial charge in [0.15, 0.2) is 0 Å². The van der Waals surface area contributed by atoms with Gasteiger partial charge in [0.05, 0.1) is 0 Å². The molecule has 3 unspecified atom stereocenters. The maximum Gasteiger partial charge on any atom is 0.320 e. The highest BCUT2D eigenvalue weighted by atomic mass is 16.4. The van der Waals surface area contributed by atoms with Crippen LogP contribution in [0.25, 0.3) is 0 Å². The molecule has 1 aliphatic rings. The fourth-order valence-corrected chi connectivity index (χ4v) is 3.35. The average Bonchev–Trinajstić information content (AvgIpc) is 2.81. The molecule has 0 saturated carbocycles. The average molecular weight is 298 g/mol. The van der Waals surface area contributed by atoms with Crippen LogP contribution in [0.1, 0.15) is 59.8 Å². The van der Waals surface area contributed by atoms with Crippen LogP contribution in [0.3, 0.4) is 0 Å². The van der Waals surface area contributed by atoms with Crippen molar-refractivity contribution in [1.82, 2.24) is 4.90 Å². The van der Waals surface area contributed by atoms with Crippen molar-refractivity contribution in [2.24, 2.45) is 17.1 Å². The molecular formula is C16H30N2O3. The Balaban J connectivity index is 2.90. The van der Waals surface area contributed by atoms with Gasteiger partial charge in [-0.15, -0.1) is 0 Å². The lowest BCUT2D eigenvalue weighted by atomic mass is 9.83. The van der Waals surface area contributed by atoms with Crippen molar-refractivity contribution in [2.45, 2.75) is 71.9 Å². The van der Waals surface area contributed by atoms with Crippen LogP contribution >= 0.6 is 0 Å². The third-order valence-electron chi connectivity index (χ3n) is 4.35. The Labute approximate surface area is 127 Å². The third kappa shape index (κ3) is 5.30. The molecule has 1 fully saturated rings. The second kappa shape index (κ2) is 7.25. The number of carbonyl (C=O) groups excluding carboxylic acids is 1. The summed E-state index contributed by atoms with van der Waals surface area (Å²) in [4.78, 5) is 25.1. The van der Waals surface area contributed by atoms with Crippen LogP contribution in [0, 0.1) is 11.3 Å². The van der Waals surface area contributed by atoms with Gasteiger partial charge in [0.2, 0.25) is 5.91 Å². The number of primary amides is 1. The number of amides is 1. The van der Waals surface area contributed by atoms with Gasteiger partial charge in [0.25, 0.3) is 0 Å². The van der Waals surface area contributed by atoms with Gasteiger partial charge in [-0.05, 0) is 44.1 Å². The molecule has 5 nitrogen and oxygen atoms in total. The third-order valence-corrected chi connectivity index (χ3v) is 4.35. The number of hydrogen-bond acceptors (Lipinski definition) is 3. The predicted molar refractivity (Wildman–Crippen MR) is 82.8 cm³/mol. The van der Waals surface area contributed by atoms with E-state index >= 15 is 0 Å². The van der Waals surface area contributed by atoms with Gasteiger partial charge < -0.3 is 10.8 Å². The number of nitrogens with two attached hydrogens (primary N) is 1. The zero-order valence-corrected chi connectivity index (χ0v) is 13.8. The standard InChI is InChI=1S/C16H30N2O3/c1-5-11(14(17)19)9-12(10-16(2,3)4)18-8-6-7-13(18)15(20)21/h11-13H,5-10H2,1-4H3,(H2,17,19)(H,20,21). The Morgan fingerprint density at radius 3 is 2.43 bits per heavy atom. The summed E-state index contributed by atoms with van der Waals surface area (Å²) in [5.74, 6) is -1.20. The highest BCUT2D eigenvalue weighted by Crippen LogP contribution is 2.32. The number of nitrogens with zero attached hydrogens (tertiary/aromatic N) is 1. The highest BCUT2D eigenvalue weighted by molar-refractivity contribution is 5.76. The van der Waals surface area contributed by atoms with Crippen LogP contribution < -0.4 is 5.73 Å². The molecule has 0 radical (unpaired) electrons. The summed E-state index contributed by atoms with van der Waals surface area (Å²) in [6.07, 6.45) is 3.85. The fourth-order valence-electron chi connectivity index (χ4n) is 3.35. The van der Waals surface area contributed by atoms with E-state index in [1.165, 1.54) is 0 Å². The summed E-state index contributed by atoms with van der Waals surface area (Å²) in [6, 6.07) is -0.311. The molecule has 21 heavy (non-hydrogen) atoms. The molecule has 0 aromatic heterocycles. The van der Waals surface area contributed by atoms with Crippen molar-refractivity contribution in [3.05, 3.63) is 0 Å². The van der Waals surface area contributed by atoms with Crippen LogP contribution in [-0.2, 0) is 9.59 Å². The number of carboxylic acid groups (broad SMARTS) is 1. The van der Waals surface area contributed by atoms with Gasteiger partial charge in [-0.2, -0.15) is 0 Å². The van der Waals surface area contributed by atoms with Gasteiger partial charge in [-0.1, -0.05) is 27.7 Å². The smallest absolute Gasteiger partial charge is 0.320 e. The van der Waals surface area contributed by atoms with E-state index in [0.29, 0.717) is 19.3 Å². The first-order valence-electron chi connectivity index (χ1n) is 7.93. The zero-order valence-electron chi connectivity index (χ0n) is 13.8. The predicted octanol–water partition coefficient (Wildman–Crippen LogP) is 2.24. The van der Waals surface area contributed by atoms with E-state index in [4.69, 9.17) is 5.73 Å². The Kier molecular flexibility index (Phi) is 6.20. The molecule has 1 rings (SSSR count). The van der Waals surface area contributed by atoms with E-state index < -0.39 is 12.0 Å². The minimum atomic E-state index is -0.751. The zero-order chi connectivity index (χ0) is 16.2. The van der Waals surface area contributed by atoms with E-state index in [0.717, 1.165) is 19.4 Å². The highest BCUT2D eigenvalue weighted by Gasteiger charge is 2.38. The summed E-state index contributed by atoms with van der Waals surface area (Å²) < 4.78 is 0. The number of rotatable bonds is 7. The van der Waals surface area contributed by atoms with Crippen LogP contribution in [0.5, 0.6) is 0 Å². The first kappa shape index (κ1) is 18.0. The molecule has 0 aromatic rings. The molecule has 1 amide bonds. The SMILES string of the molecule is CCC(CC(CC(C)(C)C)N1CCCC1C(=O)O)C(N)=O. The molecular weight excluding hydrogens is 268 g/mol. The maximum absolute atomic E-state index is 11.5. The topological polar surface area (TPSA) is 83.6 Å². The molecule has 0 aliphatic carbocycles. The number of carboxylic acids is 1. The molecule has 122 valence electrons. The van der Waals surface area contributed by atoms with E-state index in [1.807, 2.05) is 6.92 Å².